The number of hydrogen-bond donors (Lipinski definition) is 1. The van der Waals surface area contributed by atoms with Crippen LogP contribution in [0, 0.1) is 13.8 Å². The van der Waals surface area contributed by atoms with Crippen molar-refractivity contribution in [2.24, 2.45) is 0 Å². The molecule has 0 aliphatic heterocycles. The molecule has 0 saturated carbocycles. The first kappa shape index (κ1) is 23.1. The van der Waals surface area contributed by atoms with E-state index in [9.17, 15) is 5.11 Å². The normalized spacial score (nSPS) is 9.50. The predicted molar refractivity (Wildman–Crippen MR) is 118 cm³/mol. The van der Waals surface area contributed by atoms with Gasteiger partial charge in [-0.25, -0.2) is 0 Å². The minimum atomic E-state index is -0.278. The summed E-state index contributed by atoms with van der Waals surface area (Å²) in [4.78, 5) is 3.93. The summed E-state index contributed by atoms with van der Waals surface area (Å²) in [6.45, 7) is 8.06. The summed E-state index contributed by atoms with van der Waals surface area (Å²) >= 11 is 7.39. The number of benzene rings is 1. The number of rotatable bonds is 2. The van der Waals surface area contributed by atoms with Crippen molar-refractivity contribution in [2.45, 2.75) is 34.3 Å². The molecular weight excluding hydrogens is 654 g/mol. The fourth-order valence-corrected chi connectivity index (χ4v) is 1.84. The topological polar surface area (TPSA) is 33.1 Å². The van der Waals surface area contributed by atoms with Gasteiger partial charge < -0.3 is 5.11 Å². The number of aryl methyl sites for hydroxylation is 2. The van der Waals surface area contributed by atoms with E-state index in [2.05, 4.69) is 84.0 Å². The zero-order valence-corrected chi connectivity index (χ0v) is 21.0. The molecule has 0 atom stereocenters. The molecule has 0 amide bonds. The minimum absolute atomic E-state index is 0.0247. The predicted octanol–water partition coefficient (Wildman–Crippen LogP) is 6.54. The van der Waals surface area contributed by atoms with Gasteiger partial charge >= 0.3 is 64.9 Å². The second-order valence-corrected chi connectivity index (χ2v) is 39.5. The second-order valence-electron chi connectivity index (χ2n) is 4.15. The first-order valence-corrected chi connectivity index (χ1v) is 20.4. The number of halogens is 3. The molecule has 0 fully saturated rings. The molecular formula is C16H21I3NOV. The van der Waals surface area contributed by atoms with Gasteiger partial charge in [0, 0.05) is 17.5 Å². The van der Waals surface area contributed by atoms with E-state index in [4.69, 9.17) is 0 Å². The molecule has 1 N–H and O–H groups in total. The van der Waals surface area contributed by atoms with Gasteiger partial charge in [0.05, 0.1) is 6.61 Å². The number of hydrogen-bond acceptors (Lipinski definition) is 2. The van der Waals surface area contributed by atoms with Crippen molar-refractivity contribution >= 4 is 59.9 Å². The standard InChI is InChI=1S/C14H15NO.C2H6.3HI.V/c1-10-5-3-4-6-13(10)14-7-11(2)15-8-12(14)9-16;1-2;;;;/h3-8,16H,9H2,1-2H3;1-2H3;3*1H;/q;;;;;+3/p-3. The van der Waals surface area contributed by atoms with Gasteiger partial charge in [-0.2, -0.15) is 0 Å². The van der Waals surface area contributed by atoms with Crippen LogP contribution in [0.25, 0.3) is 11.1 Å². The van der Waals surface area contributed by atoms with Crippen LogP contribution >= 0.6 is 59.9 Å². The molecule has 2 rings (SSSR count). The molecule has 0 aliphatic rings. The summed E-state index contributed by atoms with van der Waals surface area (Å²) in [7, 11) is 0. The van der Waals surface area contributed by atoms with E-state index in [1.54, 1.807) is 6.20 Å². The van der Waals surface area contributed by atoms with E-state index in [1.165, 1.54) is 5.56 Å². The third-order valence-electron chi connectivity index (χ3n) is 2.73. The van der Waals surface area contributed by atoms with Crippen LogP contribution in [-0.4, -0.2) is 10.1 Å². The Morgan fingerprint density at radius 3 is 2.09 bits per heavy atom. The summed E-state index contributed by atoms with van der Waals surface area (Å²) in [6.07, 6.45) is 1.75. The Morgan fingerprint density at radius 2 is 1.59 bits per heavy atom. The van der Waals surface area contributed by atoms with Crippen molar-refractivity contribution < 1.29 is 10.0 Å². The van der Waals surface area contributed by atoms with Crippen molar-refractivity contribution in [1.29, 1.82) is 0 Å². The Morgan fingerprint density at radius 1 is 1.05 bits per heavy atom. The van der Waals surface area contributed by atoms with Gasteiger partial charge in [-0.15, -0.1) is 0 Å². The molecule has 1 heterocycles. The zero-order chi connectivity index (χ0) is 17.1. The molecule has 0 spiro atoms. The maximum absolute atomic E-state index is 9.32. The van der Waals surface area contributed by atoms with Gasteiger partial charge in [0.2, 0.25) is 0 Å². The van der Waals surface area contributed by atoms with Gasteiger partial charge in [0.15, 0.2) is 0 Å². The second kappa shape index (κ2) is 13.4. The number of pyridine rings is 1. The van der Waals surface area contributed by atoms with Crippen LogP contribution in [0.5, 0.6) is 0 Å². The number of aliphatic hydroxyl groups is 1. The average Bonchev–Trinajstić information content (AvgIpc) is 2.49. The summed E-state index contributed by atoms with van der Waals surface area (Å²) in [5, 5.41) is 9.32. The van der Waals surface area contributed by atoms with E-state index in [0.717, 1.165) is 22.4 Å². The van der Waals surface area contributed by atoms with Gasteiger partial charge in [0.1, 0.15) is 0 Å². The van der Waals surface area contributed by atoms with Crippen LogP contribution in [0.4, 0.5) is 0 Å². The van der Waals surface area contributed by atoms with Crippen LogP contribution in [0.1, 0.15) is 30.7 Å². The van der Waals surface area contributed by atoms with Crippen LogP contribution in [0.3, 0.4) is 0 Å². The molecule has 122 valence electrons. The first-order chi connectivity index (χ1) is 10.5. The fourth-order valence-electron chi connectivity index (χ4n) is 1.84. The Balaban J connectivity index is 0.000000640. The molecule has 1 aromatic carbocycles. The number of nitrogens with zero attached hydrogens (tertiary/aromatic N) is 1. The molecule has 0 aliphatic carbocycles. The van der Waals surface area contributed by atoms with Crippen LogP contribution in [-0.2, 0) is 11.5 Å². The third-order valence-corrected chi connectivity index (χ3v) is 2.73. The van der Waals surface area contributed by atoms with Gasteiger partial charge in [-0.05, 0) is 36.6 Å². The molecule has 22 heavy (non-hydrogen) atoms. The summed E-state index contributed by atoms with van der Waals surface area (Å²) in [5.74, 6) is 0. The van der Waals surface area contributed by atoms with Crippen LogP contribution in [0.2, 0.25) is 0 Å². The maximum atomic E-state index is 9.32. The van der Waals surface area contributed by atoms with Crippen molar-refractivity contribution in [3.05, 3.63) is 53.3 Å². The average molecular weight is 675 g/mol. The van der Waals surface area contributed by atoms with E-state index < -0.39 is 0 Å². The summed E-state index contributed by atoms with van der Waals surface area (Å²) < 4.78 is 0. The molecule has 0 unspecified atom stereocenters. The molecule has 0 radical (unpaired) electrons. The van der Waals surface area contributed by atoms with Crippen LogP contribution in [0.15, 0.2) is 36.5 Å². The molecule has 0 saturated heterocycles. The Kier molecular flexibility index (Phi) is 14.1. The van der Waals surface area contributed by atoms with E-state index in [1.807, 2.05) is 39.0 Å². The van der Waals surface area contributed by atoms with Gasteiger partial charge in [0.25, 0.3) is 0 Å². The van der Waals surface area contributed by atoms with Crippen molar-refractivity contribution in [3.8, 4) is 11.1 Å². The van der Waals surface area contributed by atoms with E-state index >= 15 is 0 Å². The monoisotopic (exact) mass is 675 g/mol. The Labute approximate surface area is 171 Å². The third kappa shape index (κ3) is 8.82. The van der Waals surface area contributed by atoms with Gasteiger partial charge in [-0.1, -0.05) is 38.1 Å². The zero-order valence-electron chi connectivity index (χ0n) is 13.1. The molecule has 1 aromatic heterocycles. The fraction of sp³-hybridized carbons (Fsp3) is 0.312. The first-order valence-electron chi connectivity index (χ1n) is 6.85. The van der Waals surface area contributed by atoms with E-state index in [0.29, 0.717) is 0 Å². The molecule has 6 heteroatoms. The molecule has 2 aromatic rings. The van der Waals surface area contributed by atoms with E-state index in [-0.39, 0.29) is 11.5 Å². The van der Waals surface area contributed by atoms with Gasteiger partial charge in [-0.3, -0.25) is 4.98 Å². The van der Waals surface area contributed by atoms with Crippen LogP contribution < -0.4 is 0 Å². The Bertz CT molecular complexity index is 562. The summed E-state index contributed by atoms with van der Waals surface area (Å²) in [5.41, 5.74) is 5.29. The Hall–Kier alpha value is 1.10. The van der Waals surface area contributed by atoms with Crippen molar-refractivity contribution in [3.63, 3.8) is 0 Å². The molecule has 2 nitrogen and oxygen atoms in total. The quantitative estimate of drug-likeness (QED) is 0.368. The SMILES string of the molecule is CC.Cc1cc(-c2ccccc2C)c(CO)cn1.[I][V]([I])[I]. The van der Waals surface area contributed by atoms with Crippen molar-refractivity contribution in [1.82, 2.24) is 4.98 Å². The van der Waals surface area contributed by atoms with Crippen molar-refractivity contribution in [2.75, 3.05) is 0 Å². The number of aliphatic hydroxyl groups excluding tert-OH is 1. The molecule has 0 bridgehead atoms. The summed E-state index contributed by atoms with van der Waals surface area (Å²) in [6, 6.07) is 10.2. The number of aromatic nitrogens is 1.